The van der Waals surface area contributed by atoms with Gasteiger partial charge in [0.05, 0.1) is 38.3 Å². The number of esters is 1. The lowest BCUT2D eigenvalue weighted by atomic mass is 9.55. The van der Waals surface area contributed by atoms with Gasteiger partial charge in [-0.05, 0) is 56.4 Å². The molecule has 0 amide bonds. The molecule has 1 aromatic carbocycles. The number of ether oxygens (including phenoxy) is 3. The van der Waals surface area contributed by atoms with Gasteiger partial charge in [-0.3, -0.25) is 9.69 Å². The van der Waals surface area contributed by atoms with Gasteiger partial charge in [0, 0.05) is 32.3 Å². The smallest absolute Gasteiger partial charge is 0.306 e. The zero-order chi connectivity index (χ0) is 24.3. The fraction of sp³-hybridized carbons (Fsp3) is 0.667. The molecular formula is C27H40N2O4Si. The van der Waals surface area contributed by atoms with E-state index in [1.807, 2.05) is 0 Å². The number of rotatable bonds is 7. The van der Waals surface area contributed by atoms with Gasteiger partial charge in [-0.15, -0.1) is 0 Å². The maximum absolute atomic E-state index is 13.2. The minimum absolute atomic E-state index is 0.0158. The Morgan fingerprint density at radius 2 is 1.94 bits per heavy atom. The first kappa shape index (κ1) is 23.7. The van der Waals surface area contributed by atoms with Gasteiger partial charge in [0.2, 0.25) is 0 Å². The maximum atomic E-state index is 13.2. The number of carbonyl (C=O) groups excluding carboxylic acids is 1. The van der Waals surface area contributed by atoms with Crippen LogP contribution in [0.4, 0.5) is 5.69 Å². The molecule has 3 heterocycles. The Hall–Kier alpha value is -1.99. The molecule has 0 aromatic heterocycles. The van der Waals surface area contributed by atoms with E-state index in [0.29, 0.717) is 19.1 Å². The van der Waals surface area contributed by atoms with E-state index in [0.717, 1.165) is 62.0 Å². The Bertz CT molecular complexity index is 1020. The van der Waals surface area contributed by atoms with Crippen molar-refractivity contribution < 1.29 is 19.0 Å². The summed E-state index contributed by atoms with van der Waals surface area (Å²) >= 11 is 0. The van der Waals surface area contributed by atoms with E-state index >= 15 is 0 Å². The zero-order valence-electron chi connectivity index (χ0n) is 21.7. The van der Waals surface area contributed by atoms with Gasteiger partial charge < -0.3 is 19.1 Å². The number of anilines is 1. The van der Waals surface area contributed by atoms with Crippen LogP contribution in [0.25, 0.3) is 0 Å². The number of benzene rings is 1. The molecule has 0 bridgehead atoms. The monoisotopic (exact) mass is 484 g/mol. The number of likely N-dealkylation sites (N-methyl/N-ethyl adjacent to an activating group) is 1. The van der Waals surface area contributed by atoms with Crippen molar-refractivity contribution in [3.05, 3.63) is 29.5 Å². The molecule has 1 aromatic rings. The Labute approximate surface area is 205 Å². The third-order valence-electron chi connectivity index (χ3n) is 8.79. The van der Waals surface area contributed by atoms with E-state index in [1.165, 1.54) is 11.3 Å². The van der Waals surface area contributed by atoms with E-state index < -0.39 is 8.07 Å². The highest BCUT2D eigenvalue weighted by molar-refractivity contribution is 6.76. The molecule has 4 aliphatic rings. The van der Waals surface area contributed by atoms with E-state index in [1.54, 1.807) is 14.2 Å². The van der Waals surface area contributed by atoms with E-state index in [2.05, 4.69) is 54.7 Å². The average molecular weight is 485 g/mol. The van der Waals surface area contributed by atoms with Crippen LogP contribution in [-0.2, 0) is 14.9 Å². The molecule has 1 aliphatic carbocycles. The molecule has 2 fully saturated rings. The predicted octanol–water partition coefficient (Wildman–Crippen LogP) is 4.81. The quantitative estimate of drug-likeness (QED) is 0.409. The fourth-order valence-electron chi connectivity index (χ4n) is 7.43. The molecule has 3 aliphatic heterocycles. The number of fused-ring (bicyclic) bond motifs is 1. The lowest BCUT2D eigenvalue weighted by Crippen LogP contribution is -2.59. The summed E-state index contributed by atoms with van der Waals surface area (Å²) in [6, 6.07) is 5.62. The summed E-state index contributed by atoms with van der Waals surface area (Å²) in [7, 11) is 4.35. The largest absolute Gasteiger partial charge is 0.493 e. The molecule has 0 N–H and O–H groups in total. The van der Waals surface area contributed by atoms with Gasteiger partial charge in [-0.2, -0.15) is 0 Å². The van der Waals surface area contributed by atoms with Crippen molar-refractivity contribution in [2.75, 3.05) is 45.9 Å². The third kappa shape index (κ3) is 3.41. The highest BCUT2D eigenvalue weighted by atomic mass is 28.3. The molecule has 0 radical (unpaired) electrons. The van der Waals surface area contributed by atoms with Crippen LogP contribution in [0.15, 0.2) is 23.9 Å². The van der Waals surface area contributed by atoms with Gasteiger partial charge in [0.15, 0.2) is 11.5 Å². The molecule has 3 atom stereocenters. The summed E-state index contributed by atoms with van der Waals surface area (Å²) in [6.07, 6.45) is 7.15. The fourth-order valence-corrected chi connectivity index (χ4v) is 8.14. The summed E-state index contributed by atoms with van der Waals surface area (Å²) < 4.78 is 17.4. The second-order valence-electron chi connectivity index (χ2n) is 11.9. The van der Waals surface area contributed by atoms with Crippen LogP contribution >= 0.6 is 0 Å². The average Bonchev–Trinajstić information content (AvgIpc) is 3.30. The Balaban J connectivity index is 1.53. The summed E-state index contributed by atoms with van der Waals surface area (Å²) in [4.78, 5) is 18.2. The number of methoxy groups -OCH3 is 2. The summed E-state index contributed by atoms with van der Waals surface area (Å²) in [5.41, 5.74) is 3.62. The lowest BCUT2D eigenvalue weighted by molar-refractivity contribution is -0.149. The molecule has 0 saturated carbocycles. The molecule has 6 nitrogen and oxygen atoms in total. The van der Waals surface area contributed by atoms with Crippen LogP contribution in [0.1, 0.15) is 37.7 Å². The topological polar surface area (TPSA) is 51.2 Å². The van der Waals surface area contributed by atoms with Gasteiger partial charge >= 0.3 is 5.97 Å². The van der Waals surface area contributed by atoms with Crippen molar-refractivity contribution >= 4 is 19.7 Å². The second-order valence-corrected chi connectivity index (χ2v) is 17.5. The first-order valence-corrected chi connectivity index (χ1v) is 16.5. The second kappa shape index (κ2) is 8.30. The minimum Gasteiger partial charge on any atom is -0.493 e. The molecule has 5 rings (SSSR count). The zero-order valence-corrected chi connectivity index (χ0v) is 22.7. The molecule has 7 heteroatoms. The molecule has 34 heavy (non-hydrogen) atoms. The SMILES string of the molecule is COc1ccc2c(c1OC)N(C)C1=CC[C@@]3(CC(=O)OCC[Si](C)(C)C)CCCN4CC[C@]12[C@H]43. The number of hydrogen-bond donors (Lipinski definition) is 0. The van der Waals surface area contributed by atoms with Gasteiger partial charge in [0.25, 0.3) is 0 Å². The third-order valence-corrected chi connectivity index (χ3v) is 10.5. The molecule has 186 valence electrons. The van der Waals surface area contributed by atoms with Crippen LogP contribution in [-0.4, -0.2) is 65.9 Å². The van der Waals surface area contributed by atoms with Gasteiger partial charge in [-0.1, -0.05) is 31.8 Å². The van der Waals surface area contributed by atoms with Crippen molar-refractivity contribution in [2.45, 2.75) is 69.2 Å². The van der Waals surface area contributed by atoms with Crippen LogP contribution in [0.5, 0.6) is 11.5 Å². The standard InChI is InChI=1S/C27H40N2O4Si/c1-28-21-10-12-26(18-22(30)33-16-17-34(4,5)6)11-7-14-29-15-13-27(21,25(26)29)19-8-9-20(31-2)24(32-3)23(19)28/h8-10,25H,7,11-18H2,1-6H3/t25-,26-,27-/m1/s1. The normalized spacial score (nSPS) is 29.8. The Kier molecular flexibility index (Phi) is 5.79. The van der Waals surface area contributed by atoms with Crippen molar-refractivity contribution in [1.29, 1.82) is 0 Å². The first-order valence-electron chi connectivity index (χ1n) is 12.8. The highest BCUT2D eigenvalue weighted by Crippen LogP contribution is 2.67. The number of nitrogens with zero attached hydrogens (tertiary/aromatic N) is 2. The van der Waals surface area contributed by atoms with Crippen LogP contribution in [0.2, 0.25) is 25.7 Å². The molecule has 2 saturated heterocycles. The predicted molar refractivity (Wildman–Crippen MR) is 138 cm³/mol. The summed E-state index contributed by atoms with van der Waals surface area (Å²) in [6.45, 7) is 9.71. The van der Waals surface area contributed by atoms with Crippen LogP contribution < -0.4 is 14.4 Å². The van der Waals surface area contributed by atoms with Gasteiger partial charge in [-0.25, -0.2) is 0 Å². The lowest BCUT2D eigenvalue weighted by Gasteiger charge is -2.55. The van der Waals surface area contributed by atoms with Crippen molar-refractivity contribution in [3.8, 4) is 11.5 Å². The Morgan fingerprint density at radius 1 is 1.15 bits per heavy atom. The van der Waals surface area contributed by atoms with E-state index in [9.17, 15) is 4.79 Å². The Morgan fingerprint density at radius 3 is 2.65 bits per heavy atom. The number of piperidine rings is 1. The first-order chi connectivity index (χ1) is 16.2. The molecule has 0 unspecified atom stereocenters. The molecular weight excluding hydrogens is 444 g/mol. The summed E-state index contributed by atoms with van der Waals surface area (Å²) in [5, 5.41) is 0. The van der Waals surface area contributed by atoms with Crippen molar-refractivity contribution in [2.24, 2.45) is 5.41 Å². The number of allylic oxidation sites excluding steroid dienone is 1. The highest BCUT2D eigenvalue weighted by Gasteiger charge is 2.66. The van der Waals surface area contributed by atoms with E-state index in [4.69, 9.17) is 14.2 Å². The molecule has 1 spiro atoms. The van der Waals surface area contributed by atoms with Crippen LogP contribution in [0.3, 0.4) is 0 Å². The maximum Gasteiger partial charge on any atom is 0.306 e. The number of carbonyl (C=O) groups is 1. The van der Waals surface area contributed by atoms with Crippen molar-refractivity contribution in [1.82, 2.24) is 4.90 Å². The van der Waals surface area contributed by atoms with Crippen molar-refractivity contribution in [3.63, 3.8) is 0 Å². The van der Waals surface area contributed by atoms with Gasteiger partial charge in [0.1, 0.15) is 0 Å². The number of hydrogen-bond acceptors (Lipinski definition) is 6. The van der Waals surface area contributed by atoms with E-state index in [-0.39, 0.29) is 16.8 Å². The minimum atomic E-state index is -1.23. The summed E-state index contributed by atoms with van der Waals surface area (Å²) in [5.74, 6) is 1.55. The van der Waals surface area contributed by atoms with Crippen LogP contribution in [0, 0.1) is 5.41 Å².